The maximum atomic E-state index is 13.0. The van der Waals surface area contributed by atoms with Gasteiger partial charge in [0, 0.05) is 29.1 Å². The summed E-state index contributed by atoms with van der Waals surface area (Å²) < 4.78 is 19.2. The van der Waals surface area contributed by atoms with Gasteiger partial charge in [-0.3, -0.25) is 4.79 Å². The lowest BCUT2D eigenvalue weighted by Gasteiger charge is -2.63. The number of carbonyl (C=O) groups is 1. The summed E-state index contributed by atoms with van der Waals surface area (Å²) in [7, 11) is 0. The van der Waals surface area contributed by atoms with Gasteiger partial charge in [-0.1, -0.05) is 39.3 Å². The minimum absolute atomic E-state index is 0.170. The van der Waals surface area contributed by atoms with Crippen molar-refractivity contribution in [1.29, 1.82) is 5.26 Å². The van der Waals surface area contributed by atoms with Crippen molar-refractivity contribution in [2.75, 3.05) is 0 Å². The lowest BCUT2D eigenvalue weighted by atomic mass is 9.49. The Hall–Kier alpha value is -2.65. The molecule has 0 saturated heterocycles. The van der Waals surface area contributed by atoms with Crippen molar-refractivity contribution >= 4 is 17.5 Å². The maximum absolute atomic E-state index is 13.0. The number of ether oxygens (including phenoxy) is 1. The predicted octanol–water partition coefficient (Wildman–Crippen LogP) is 4.36. The lowest BCUT2D eigenvalue weighted by Crippen LogP contribution is -2.74. The van der Waals surface area contributed by atoms with Gasteiger partial charge in [0.1, 0.15) is 17.9 Å². The number of hydrogen-bond donors (Lipinski definition) is 1. The van der Waals surface area contributed by atoms with E-state index in [0.29, 0.717) is 21.9 Å². The third kappa shape index (κ3) is 3.43. The molecule has 7 heteroatoms. The van der Waals surface area contributed by atoms with Crippen LogP contribution in [0.5, 0.6) is 5.75 Å². The van der Waals surface area contributed by atoms with Gasteiger partial charge < -0.3 is 10.1 Å². The quantitative estimate of drug-likeness (QED) is 0.772. The highest BCUT2D eigenvalue weighted by Crippen LogP contribution is 2.55. The van der Waals surface area contributed by atoms with E-state index in [0.717, 1.165) is 6.07 Å². The van der Waals surface area contributed by atoms with Crippen LogP contribution in [-0.2, 0) is 0 Å². The molecule has 0 radical (unpaired) electrons. The summed E-state index contributed by atoms with van der Waals surface area (Å²) in [6.07, 6.45) is 1.02. The molecule has 2 aromatic rings. The van der Waals surface area contributed by atoms with E-state index in [1.807, 2.05) is 33.8 Å². The minimum atomic E-state index is -0.629. The zero-order valence-electron chi connectivity index (χ0n) is 16.1. The van der Waals surface area contributed by atoms with Crippen LogP contribution >= 0.6 is 11.6 Å². The average molecular weight is 402 g/mol. The summed E-state index contributed by atoms with van der Waals surface area (Å²) in [6, 6.07) is 9.38. The smallest absolute Gasteiger partial charge is 0.253 e. The molecule has 0 unspecified atom stereocenters. The van der Waals surface area contributed by atoms with Gasteiger partial charge in [0.05, 0.1) is 16.1 Å². The van der Waals surface area contributed by atoms with Crippen LogP contribution in [0.1, 0.15) is 43.6 Å². The highest BCUT2D eigenvalue weighted by atomic mass is 35.5. The topological polar surface area (TPSA) is 75.0 Å². The van der Waals surface area contributed by atoms with Gasteiger partial charge in [-0.15, -0.1) is 0 Å². The molecule has 1 heterocycles. The van der Waals surface area contributed by atoms with Gasteiger partial charge in [-0.25, -0.2) is 4.98 Å². The van der Waals surface area contributed by atoms with Crippen LogP contribution in [0.2, 0.25) is 5.02 Å². The fraction of sp³-hybridized carbons (Fsp3) is 0.381. The Bertz CT molecular complexity index is 935. The molecule has 146 valence electrons. The normalized spacial score (nSPS) is 21.9. The van der Waals surface area contributed by atoms with Crippen molar-refractivity contribution in [1.82, 2.24) is 10.3 Å². The molecular weight excluding hydrogens is 381 g/mol. The first-order chi connectivity index (χ1) is 13.1. The average Bonchev–Trinajstić information content (AvgIpc) is 2.64. The van der Waals surface area contributed by atoms with E-state index in [1.165, 1.54) is 12.3 Å². The highest BCUT2D eigenvalue weighted by molar-refractivity contribution is 6.31. The molecule has 1 saturated carbocycles. The Morgan fingerprint density at radius 2 is 1.93 bits per heavy atom. The Balaban J connectivity index is 1.76. The third-order valence-electron chi connectivity index (χ3n) is 5.42. The SMILES string of the molecule is CC1(C)C(NC(=O)c2ccc(F)nc2)C(C)(C)C1Oc1ccc(C#N)c(Cl)c1. The fourth-order valence-corrected chi connectivity index (χ4v) is 4.53. The molecule has 1 amide bonds. The van der Waals surface area contributed by atoms with Gasteiger partial charge >= 0.3 is 0 Å². The number of pyridine rings is 1. The van der Waals surface area contributed by atoms with Crippen LogP contribution in [0.25, 0.3) is 0 Å². The predicted molar refractivity (Wildman–Crippen MR) is 104 cm³/mol. The standard InChI is InChI=1S/C21H21ClFN3O2/c1-20(2)18(26-17(27)13-6-8-16(23)25-11-13)21(3,4)19(20)28-14-7-5-12(10-24)15(22)9-14/h5-9,11,18-19H,1-4H3,(H,26,27). The summed E-state index contributed by atoms with van der Waals surface area (Å²) in [4.78, 5) is 16.1. The van der Waals surface area contributed by atoms with Crippen LogP contribution in [0, 0.1) is 28.1 Å². The molecule has 1 aliphatic carbocycles. The first kappa shape index (κ1) is 20.1. The van der Waals surface area contributed by atoms with E-state index in [1.54, 1.807) is 18.2 Å². The van der Waals surface area contributed by atoms with E-state index in [2.05, 4.69) is 10.3 Å². The number of nitrogens with zero attached hydrogens (tertiary/aromatic N) is 2. The van der Waals surface area contributed by atoms with Crippen LogP contribution in [0.3, 0.4) is 0 Å². The summed E-state index contributed by atoms with van der Waals surface area (Å²) >= 11 is 6.10. The summed E-state index contributed by atoms with van der Waals surface area (Å²) in [5.74, 6) is -0.364. The van der Waals surface area contributed by atoms with Gasteiger partial charge in [-0.2, -0.15) is 9.65 Å². The summed E-state index contributed by atoms with van der Waals surface area (Å²) in [6.45, 7) is 8.06. The van der Waals surface area contributed by atoms with E-state index in [4.69, 9.17) is 21.6 Å². The van der Waals surface area contributed by atoms with Gasteiger partial charge in [0.25, 0.3) is 5.91 Å². The Morgan fingerprint density at radius 3 is 2.46 bits per heavy atom. The van der Waals surface area contributed by atoms with Gasteiger partial charge in [-0.05, 0) is 24.3 Å². The van der Waals surface area contributed by atoms with E-state index < -0.39 is 5.95 Å². The molecule has 1 N–H and O–H groups in total. The molecule has 1 aromatic heterocycles. The lowest BCUT2D eigenvalue weighted by molar-refractivity contribution is -0.164. The maximum Gasteiger partial charge on any atom is 0.253 e. The molecular formula is C21H21ClFN3O2. The minimum Gasteiger partial charge on any atom is -0.489 e. The molecule has 0 bridgehead atoms. The van der Waals surface area contributed by atoms with Crippen molar-refractivity contribution in [2.24, 2.45) is 10.8 Å². The second-order valence-corrected chi connectivity index (χ2v) is 8.58. The fourth-order valence-electron chi connectivity index (χ4n) is 4.32. The monoisotopic (exact) mass is 401 g/mol. The number of nitrogens with one attached hydrogen (secondary N) is 1. The number of nitriles is 1. The summed E-state index contributed by atoms with van der Waals surface area (Å²) in [5.41, 5.74) is -0.0459. The molecule has 1 fully saturated rings. The molecule has 0 aliphatic heterocycles. The number of rotatable bonds is 4. The van der Waals surface area contributed by atoms with Crippen LogP contribution in [0.15, 0.2) is 36.5 Å². The first-order valence-electron chi connectivity index (χ1n) is 8.86. The molecule has 3 rings (SSSR count). The van der Waals surface area contributed by atoms with Gasteiger partial charge in [0.2, 0.25) is 5.95 Å². The molecule has 1 aromatic carbocycles. The molecule has 5 nitrogen and oxygen atoms in total. The van der Waals surface area contributed by atoms with Crippen LogP contribution < -0.4 is 10.1 Å². The highest BCUT2D eigenvalue weighted by Gasteiger charge is 2.64. The largest absolute Gasteiger partial charge is 0.489 e. The van der Waals surface area contributed by atoms with Crippen molar-refractivity contribution < 1.29 is 13.9 Å². The van der Waals surface area contributed by atoms with Gasteiger partial charge in [0.15, 0.2) is 0 Å². The number of hydrogen-bond acceptors (Lipinski definition) is 4. The van der Waals surface area contributed by atoms with Crippen molar-refractivity contribution in [2.45, 2.75) is 39.8 Å². The second-order valence-electron chi connectivity index (χ2n) is 8.17. The van der Waals surface area contributed by atoms with E-state index >= 15 is 0 Å². The Morgan fingerprint density at radius 1 is 1.25 bits per heavy atom. The number of carbonyl (C=O) groups excluding carboxylic acids is 1. The van der Waals surface area contributed by atoms with E-state index in [-0.39, 0.29) is 28.9 Å². The third-order valence-corrected chi connectivity index (χ3v) is 5.73. The number of aromatic nitrogens is 1. The molecule has 28 heavy (non-hydrogen) atoms. The molecule has 0 spiro atoms. The Kier molecular flexibility index (Phi) is 5.07. The van der Waals surface area contributed by atoms with Crippen LogP contribution in [-0.4, -0.2) is 23.0 Å². The first-order valence-corrected chi connectivity index (χ1v) is 9.24. The van der Waals surface area contributed by atoms with Crippen LogP contribution in [0.4, 0.5) is 4.39 Å². The van der Waals surface area contributed by atoms with Crippen molar-refractivity contribution in [3.05, 3.63) is 58.6 Å². The van der Waals surface area contributed by atoms with Crippen molar-refractivity contribution in [3.63, 3.8) is 0 Å². The zero-order valence-corrected chi connectivity index (χ0v) is 16.8. The number of amides is 1. The second kappa shape index (κ2) is 7.06. The summed E-state index contributed by atoms with van der Waals surface area (Å²) in [5, 5.41) is 12.4. The Labute approximate surface area is 168 Å². The van der Waals surface area contributed by atoms with Crippen molar-refractivity contribution in [3.8, 4) is 11.8 Å². The number of benzene rings is 1. The molecule has 0 atom stereocenters. The molecule has 1 aliphatic rings. The zero-order chi connectivity index (χ0) is 20.7. The van der Waals surface area contributed by atoms with E-state index in [9.17, 15) is 9.18 Å². The number of halogens is 2.